The maximum absolute atomic E-state index is 13.1. The smallest absolute Gasteiger partial charge is 0.217 e. The Balaban J connectivity index is 1.16. The summed E-state index contributed by atoms with van der Waals surface area (Å²) >= 11 is 0. The number of ether oxygens (including phenoxy) is 13. The second kappa shape index (κ2) is 29.3. The molecule has 7 aliphatic rings. The van der Waals surface area contributed by atoms with Crippen molar-refractivity contribution in [2.75, 3.05) is 39.6 Å². The van der Waals surface area contributed by atoms with E-state index in [2.05, 4.69) is 10.6 Å². The molecule has 1 unspecified atom stereocenters. The number of hydrogen-bond donors (Lipinski definition) is 22. The van der Waals surface area contributed by atoms with Gasteiger partial charge in [0.25, 0.3) is 0 Å². The molecule has 7 fully saturated rings. The Morgan fingerprint density at radius 3 is 1.19 bits per heavy atom. The van der Waals surface area contributed by atoms with Crippen LogP contribution in [0.1, 0.15) is 20.8 Å². The van der Waals surface area contributed by atoms with Gasteiger partial charge in [-0.1, -0.05) is 0 Å². The average molecular weight is 1220 g/mol. The van der Waals surface area contributed by atoms with Crippen molar-refractivity contribution in [1.29, 1.82) is 0 Å². The highest BCUT2D eigenvalue weighted by atomic mass is 16.8. The van der Waals surface area contributed by atoms with E-state index < -0.39 is 266 Å². The Morgan fingerprint density at radius 2 is 0.663 bits per heavy atom. The number of carbonyl (C=O) groups excluding carboxylic acids is 2. The zero-order valence-corrected chi connectivity index (χ0v) is 44.5. The number of carbonyl (C=O) groups is 2. The lowest BCUT2D eigenvalue weighted by Crippen LogP contribution is -2.71. The molecule has 37 heteroatoms. The Bertz CT molecular complexity index is 2040. The molecule has 22 N–H and O–H groups in total. The summed E-state index contributed by atoms with van der Waals surface area (Å²) in [5.74, 6) is -1.66. The van der Waals surface area contributed by atoms with Gasteiger partial charge < -0.3 is 174 Å². The molecule has 35 atom stereocenters. The molecule has 7 saturated heterocycles. The fourth-order valence-corrected chi connectivity index (χ4v) is 10.7. The second-order valence-corrected chi connectivity index (χ2v) is 21.0. The molecule has 482 valence electrons. The molecule has 0 aromatic rings. The van der Waals surface area contributed by atoms with Gasteiger partial charge in [0.2, 0.25) is 11.8 Å². The molecule has 0 radical (unpaired) electrons. The lowest BCUT2D eigenvalue weighted by atomic mass is 9.93. The summed E-state index contributed by atoms with van der Waals surface area (Å²) in [4.78, 5) is 24.9. The van der Waals surface area contributed by atoms with E-state index in [0.29, 0.717) is 0 Å². The third kappa shape index (κ3) is 14.5. The van der Waals surface area contributed by atoms with E-state index in [0.717, 1.165) is 13.8 Å². The van der Waals surface area contributed by atoms with E-state index in [-0.39, 0.29) is 0 Å². The first kappa shape index (κ1) is 68.1. The van der Waals surface area contributed by atoms with Crippen LogP contribution in [0.3, 0.4) is 0 Å². The van der Waals surface area contributed by atoms with Crippen LogP contribution in [-0.4, -0.2) is 368 Å². The fraction of sp³-hybridized carbons (Fsp3) is 0.957. The minimum Gasteiger partial charge on any atom is -0.394 e. The number of nitrogens with one attached hydrogen (secondary N) is 2. The predicted octanol–water partition coefficient (Wildman–Crippen LogP) is -15.0. The first-order valence-electron chi connectivity index (χ1n) is 26.5. The minimum absolute atomic E-state index is 0.719. The second-order valence-electron chi connectivity index (χ2n) is 21.0. The van der Waals surface area contributed by atoms with Crippen LogP contribution < -0.4 is 10.6 Å². The van der Waals surface area contributed by atoms with E-state index in [1.807, 2.05) is 0 Å². The quantitative estimate of drug-likeness (QED) is 0.0538. The molecular formula is C46H78N2O35. The Labute approximate surface area is 470 Å². The Morgan fingerprint density at radius 1 is 0.313 bits per heavy atom. The number of aliphatic hydroxyl groups is 20. The number of amides is 2. The molecule has 0 aliphatic carbocycles. The average Bonchev–Trinajstić information content (AvgIpc) is 3.37. The molecule has 83 heavy (non-hydrogen) atoms. The lowest BCUT2D eigenvalue weighted by molar-refractivity contribution is -0.404. The largest absolute Gasteiger partial charge is 0.394 e. The highest BCUT2D eigenvalue weighted by Crippen LogP contribution is 2.39. The van der Waals surface area contributed by atoms with Crippen LogP contribution in [0.4, 0.5) is 0 Å². The molecular weight excluding hydrogens is 1140 g/mol. The van der Waals surface area contributed by atoms with Crippen LogP contribution in [0.15, 0.2) is 0 Å². The summed E-state index contributed by atoms with van der Waals surface area (Å²) in [7, 11) is 0. The van der Waals surface area contributed by atoms with Crippen LogP contribution in [0.25, 0.3) is 0 Å². The van der Waals surface area contributed by atoms with Crippen LogP contribution >= 0.6 is 0 Å². The van der Waals surface area contributed by atoms with Gasteiger partial charge in [-0.05, 0) is 6.92 Å². The monoisotopic (exact) mass is 1220 g/mol. The Kier molecular flexibility index (Phi) is 24.0. The normalized spacial score (nSPS) is 50.8. The van der Waals surface area contributed by atoms with Crippen molar-refractivity contribution in [1.82, 2.24) is 10.6 Å². The van der Waals surface area contributed by atoms with Crippen molar-refractivity contribution in [2.24, 2.45) is 0 Å². The van der Waals surface area contributed by atoms with E-state index in [1.54, 1.807) is 0 Å². The van der Waals surface area contributed by atoms with Gasteiger partial charge in [0.15, 0.2) is 44.0 Å². The molecule has 7 aliphatic heterocycles. The third-order valence-corrected chi connectivity index (χ3v) is 15.3. The first-order chi connectivity index (χ1) is 39.2. The number of aliphatic hydroxyl groups excluding tert-OH is 20. The van der Waals surface area contributed by atoms with Crippen molar-refractivity contribution < 1.29 is 173 Å². The van der Waals surface area contributed by atoms with E-state index in [4.69, 9.17) is 61.6 Å². The van der Waals surface area contributed by atoms with Crippen LogP contribution in [0.2, 0.25) is 0 Å². The molecule has 0 bridgehead atoms. The van der Waals surface area contributed by atoms with Crippen molar-refractivity contribution in [3.63, 3.8) is 0 Å². The van der Waals surface area contributed by atoms with Gasteiger partial charge in [-0.15, -0.1) is 0 Å². The first-order valence-corrected chi connectivity index (χ1v) is 26.5. The van der Waals surface area contributed by atoms with E-state index in [1.165, 1.54) is 6.92 Å². The molecule has 7 rings (SSSR count). The van der Waals surface area contributed by atoms with Gasteiger partial charge in [-0.3, -0.25) is 9.59 Å². The summed E-state index contributed by atoms with van der Waals surface area (Å²) < 4.78 is 75.5. The standard InChI is InChI=1S/C46H78N2O35/c1-10-21(57)27(63)30(66)42(71-10)83-39-38(82-43-31(67)28(64)22(58)13(4-49)74-43)25(61)16(7-52)76-46(39)80-36-20(48-12(3)56)41(73-14(5-50)23(36)59)81-37-24(60)15(6-51)75-45(33(37)69)79-35-18(9-54)77-44(32(68)29(35)65)78-34-17(8-53)72-40(70)19(26(34)62)47-11(2)55/h10,13-46,49-54,57-70H,4-9H2,1-3H3,(H,47,55)(H,48,56)/t10-,13-,14-,15-,16-,17-,18-,19-,20-,21+,22+,23+,24+,25+,26-,27+,28+,29-,30-,31-,32-,33-,34-,35+,36-,37+,38+,39-,40?,41+,42-,43-,44+,45-,46+/m1/s1. The summed E-state index contributed by atoms with van der Waals surface area (Å²) in [5.41, 5.74) is 0. The van der Waals surface area contributed by atoms with Crippen molar-refractivity contribution in [3.05, 3.63) is 0 Å². The SMILES string of the molecule is CC(=O)N[C@H]1[C@H](O[C@H]2[C@@H](O)[C@@H](CO)O[C@H](O[C@@H]3[C@H](O)[C@@H](O)[C@H](O[C@H]4[C@H](O)[C@@H](NC(C)=O)C(O)O[C@@H]4CO)O[C@@H]3CO)[C@@H]2O)O[C@H](CO)[C@H](O)[C@@H]1O[C@@H]1O[C@H](CO)[C@H](O)[C@H](O[C@H]2O[C@H](CO)[C@H](O)[C@H](O)[C@H]2O)[C@H]1O[C@H]1O[C@H](C)[C@H](O)[C@H](O)[C@H]1O. The van der Waals surface area contributed by atoms with Crippen molar-refractivity contribution >= 4 is 11.8 Å². The Hall–Kier alpha value is -2.38. The van der Waals surface area contributed by atoms with Crippen LogP contribution in [0, 0.1) is 0 Å². The molecule has 7 heterocycles. The summed E-state index contributed by atoms with van der Waals surface area (Å²) in [6.45, 7) is -2.90. The van der Waals surface area contributed by atoms with Crippen LogP contribution in [-0.2, 0) is 71.2 Å². The minimum atomic E-state index is -2.30. The van der Waals surface area contributed by atoms with Gasteiger partial charge in [-0.2, -0.15) is 0 Å². The predicted molar refractivity (Wildman–Crippen MR) is 254 cm³/mol. The van der Waals surface area contributed by atoms with Gasteiger partial charge >= 0.3 is 0 Å². The highest BCUT2D eigenvalue weighted by molar-refractivity contribution is 5.73. The highest BCUT2D eigenvalue weighted by Gasteiger charge is 2.60. The molecule has 2 amide bonds. The van der Waals surface area contributed by atoms with E-state index >= 15 is 0 Å². The van der Waals surface area contributed by atoms with Gasteiger partial charge in [0.05, 0.1) is 45.7 Å². The van der Waals surface area contributed by atoms with Gasteiger partial charge in [0, 0.05) is 13.8 Å². The summed E-state index contributed by atoms with van der Waals surface area (Å²) in [6, 6.07) is -3.46. The van der Waals surface area contributed by atoms with Crippen molar-refractivity contribution in [3.8, 4) is 0 Å². The molecule has 0 saturated carbocycles. The van der Waals surface area contributed by atoms with Gasteiger partial charge in [0.1, 0.15) is 165 Å². The van der Waals surface area contributed by atoms with Gasteiger partial charge in [-0.25, -0.2) is 0 Å². The zero-order valence-electron chi connectivity index (χ0n) is 44.5. The number of hydrogen-bond acceptors (Lipinski definition) is 35. The lowest BCUT2D eigenvalue weighted by Gasteiger charge is -2.51. The number of rotatable bonds is 20. The van der Waals surface area contributed by atoms with Crippen molar-refractivity contribution in [2.45, 2.75) is 236 Å². The summed E-state index contributed by atoms with van der Waals surface area (Å²) in [6.07, 6.45) is -64.8. The zero-order chi connectivity index (χ0) is 61.2. The third-order valence-electron chi connectivity index (χ3n) is 15.3. The fourth-order valence-electron chi connectivity index (χ4n) is 10.7. The van der Waals surface area contributed by atoms with Crippen LogP contribution in [0.5, 0.6) is 0 Å². The maximum Gasteiger partial charge on any atom is 0.217 e. The molecule has 0 spiro atoms. The maximum atomic E-state index is 13.1. The summed E-state index contributed by atoms with van der Waals surface area (Å²) in [5, 5.41) is 222. The molecule has 0 aromatic heterocycles. The van der Waals surface area contributed by atoms with E-state index in [9.17, 15) is 112 Å². The molecule has 37 nitrogen and oxygen atoms in total. The topological polar surface area (TPSA) is 583 Å². The molecule has 0 aromatic carbocycles.